The van der Waals surface area contributed by atoms with Crippen LogP contribution in [0.2, 0.25) is 0 Å². The van der Waals surface area contributed by atoms with Crippen LogP contribution in [0.3, 0.4) is 0 Å². The molecule has 1 N–H and O–H groups in total. The molecular formula is C14H21F3N2S. The predicted molar refractivity (Wildman–Crippen MR) is 76.9 cm³/mol. The van der Waals surface area contributed by atoms with Crippen molar-refractivity contribution >= 4 is 11.8 Å². The first kappa shape index (κ1) is 17.3. The van der Waals surface area contributed by atoms with E-state index in [1.54, 1.807) is 0 Å². The van der Waals surface area contributed by atoms with E-state index in [9.17, 15) is 13.2 Å². The molecule has 20 heavy (non-hydrogen) atoms. The number of unbranched alkanes of at least 4 members (excludes halogenated alkanes) is 1. The Morgan fingerprint density at radius 3 is 2.55 bits per heavy atom. The second-order valence-corrected chi connectivity index (χ2v) is 6.15. The molecule has 0 spiro atoms. The van der Waals surface area contributed by atoms with E-state index in [0.717, 1.165) is 43.9 Å². The summed E-state index contributed by atoms with van der Waals surface area (Å²) in [6.07, 6.45) is -1.32. The smallest absolute Gasteiger partial charge is 0.316 e. The number of hydrogen-bond acceptors (Lipinski definition) is 3. The zero-order chi connectivity index (χ0) is 15.0. The molecule has 1 rings (SSSR count). The molecular weight excluding hydrogens is 285 g/mol. The summed E-state index contributed by atoms with van der Waals surface area (Å²) < 4.78 is 37.0. The van der Waals surface area contributed by atoms with E-state index in [-0.39, 0.29) is 0 Å². The number of aromatic nitrogens is 1. The van der Waals surface area contributed by atoms with Crippen molar-refractivity contribution in [1.82, 2.24) is 10.3 Å². The summed E-state index contributed by atoms with van der Waals surface area (Å²) in [5, 5.41) is 4.00. The predicted octanol–water partition coefficient (Wildman–Crippen LogP) is 4.22. The second kappa shape index (κ2) is 8.52. The van der Waals surface area contributed by atoms with E-state index >= 15 is 0 Å². The molecule has 0 aromatic carbocycles. The van der Waals surface area contributed by atoms with Gasteiger partial charge in [0.25, 0.3) is 0 Å². The molecule has 1 aromatic heterocycles. The monoisotopic (exact) mass is 306 g/mol. The van der Waals surface area contributed by atoms with E-state index in [1.807, 2.05) is 0 Å². The fraction of sp³-hybridized carbons (Fsp3) is 0.643. The zero-order valence-electron chi connectivity index (χ0n) is 11.8. The molecule has 0 amide bonds. The van der Waals surface area contributed by atoms with Crippen molar-refractivity contribution in [3.05, 3.63) is 23.9 Å². The van der Waals surface area contributed by atoms with Crippen LogP contribution in [0.5, 0.6) is 0 Å². The van der Waals surface area contributed by atoms with Gasteiger partial charge in [0, 0.05) is 6.20 Å². The van der Waals surface area contributed by atoms with Crippen molar-refractivity contribution in [2.75, 3.05) is 18.8 Å². The van der Waals surface area contributed by atoms with Gasteiger partial charge in [0.2, 0.25) is 0 Å². The molecule has 2 nitrogen and oxygen atoms in total. The minimum Gasteiger partial charge on any atom is -0.316 e. The van der Waals surface area contributed by atoms with Crippen LogP contribution in [-0.2, 0) is 6.18 Å². The standard InChI is InChI=1S/C14H21F3N2S/c1-11(2)9-18-7-3-4-8-20-13-6-5-12(10-19-13)14(15,16)17/h5-6,10-11,18H,3-4,7-9H2,1-2H3. The molecule has 0 fully saturated rings. The van der Waals surface area contributed by atoms with Crippen LogP contribution in [0, 0.1) is 5.92 Å². The van der Waals surface area contributed by atoms with Gasteiger partial charge in [-0.15, -0.1) is 11.8 Å². The third kappa shape index (κ3) is 7.14. The molecule has 1 heterocycles. The average molecular weight is 306 g/mol. The van der Waals surface area contributed by atoms with Crippen LogP contribution in [0.1, 0.15) is 32.3 Å². The van der Waals surface area contributed by atoms with E-state index < -0.39 is 11.7 Å². The van der Waals surface area contributed by atoms with Crippen molar-refractivity contribution in [1.29, 1.82) is 0 Å². The highest BCUT2D eigenvalue weighted by molar-refractivity contribution is 7.99. The molecule has 0 aliphatic heterocycles. The lowest BCUT2D eigenvalue weighted by Crippen LogP contribution is -2.20. The van der Waals surface area contributed by atoms with Gasteiger partial charge in [-0.1, -0.05) is 13.8 Å². The van der Waals surface area contributed by atoms with Gasteiger partial charge in [0.15, 0.2) is 0 Å². The van der Waals surface area contributed by atoms with Gasteiger partial charge in [0.1, 0.15) is 0 Å². The third-order valence-corrected chi connectivity index (χ3v) is 3.64. The van der Waals surface area contributed by atoms with Crippen LogP contribution < -0.4 is 5.32 Å². The molecule has 6 heteroatoms. The fourth-order valence-corrected chi connectivity index (χ4v) is 2.40. The van der Waals surface area contributed by atoms with Gasteiger partial charge in [0.05, 0.1) is 10.6 Å². The Morgan fingerprint density at radius 1 is 1.25 bits per heavy atom. The van der Waals surface area contributed by atoms with E-state index in [2.05, 4.69) is 24.1 Å². The largest absolute Gasteiger partial charge is 0.417 e. The minimum absolute atomic E-state index is 0.646. The summed E-state index contributed by atoms with van der Waals surface area (Å²) in [6.45, 7) is 6.34. The first-order valence-corrected chi connectivity index (χ1v) is 7.75. The van der Waals surface area contributed by atoms with E-state index in [4.69, 9.17) is 0 Å². The lowest BCUT2D eigenvalue weighted by atomic mass is 10.2. The maximum Gasteiger partial charge on any atom is 0.417 e. The van der Waals surface area contributed by atoms with Crippen LogP contribution in [0.15, 0.2) is 23.4 Å². The van der Waals surface area contributed by atoms with Crippen molar-refractivity contribution < 1.29 is 13.2 Å². The number of thioether (sulfide) groups is 1. The number of nitrogens with one attached hydrogen (secondary N) is 1. The third-order valence-electron chi connectivity index (χ3n) is 2.61. The Labute approximate surface area is 122 Å². The van der Waals surface area contributed by atoms with Crippen LogP contribution >= 0.6 is 11.8 Å². The number of pyridine rings is 1. The minimum atomic E-state index is -4.31. The van der Waals surface area contributed by atoms with Gasteiger partial charge in [-0.2, -0.15) is 13.2 Å². The summed E-state index contributed by atoms with van der Waals surface area (Å²) in [6, 6.07) is 2.52. The molecule has 0 unspecified atom stereocenters. The maximum absolute atomic E-state index is 12.3. The molecule has 0 aliphatic carbocycles. The summed E-state index contributed by atoms with van der Waals surface area (Å²) in [4.78, 5) is 3.83. The average Bonchev–Trinajstić information content (AvgIpc) is 2.37. The van der Waals surface area contributed by atoms with E-state index in [0.29, 0.717) is 10.9 Å². The summed E-state index contributed by atoms with van der Waals surface area (Å²) in [7, 11) is 0. The van der Waals surface area contributed by atoms with Crippen molar-refractivity contribution in [3.63, 3.8) is 0 Å². The Hall–Kier alpha value is -0.750. The Morgan fingerprint density at radius 2 is 2.00 bits per heavy atom. The number of nitrogens with zero attached hydrogens (tertiary/aromatic N) is 1. The molecule has 0 bridgehead atoms. The van der Waals surface area contributed by atoms with E-state index in [1.165, 1.54) is 17.8 Å². The van der Waals surface area contributed by atoms with Gasteiger partial charge in [-0.25, -0.2) is 4.98 Å². The highest BCUT2D eigenvalue weighted by atomic mass is 32.2. The lowest BCUT2D eigenvalue weighted by Gasteiger charge is -2.07. The van der Waals surface area contributed by atoms with Crippen molar-refractivity contribution in [3.8, 4) is 0 Å². The van der Waals surface area contributed by atoms with Crippen molar-refractivity contribution in [2.24, 2.45) is 5.92 Å². The fourth-order valence-electron chi connectivity index (χ4n) is 1.55. The summed E-state index contributed by atoms with van der Waals surface area (Å²) in [5.41, 5.74) is -0.695. The first-order chi connectivity index (χ1) is 9.39. The Kier molecular flexibility index (Phi) is 7.37. The summed E-state index contributed by atoms with van der Waals surface area (Å²) >= 11 is 1.50. The number of hydrogen-bond donors (Lipinski definition) is 1. The topological polar surface area (TPSA) is 24.9 Å². The molecule has 0 saturated heterocycles. The molecule has 1 aromatic rings. The van der Waals surface area contributed by atoms with Crippen LogP contribution in [0.4, 0.5) is 13.2 Å². The lowest BCUT2D eigenvalue weighted by molar-refractivity contribution is -0.137. The highest BCUT2D eigenvalue weighted by Crippen LogP contribution is 2.29. The van der Waals surface area contributed by atoms with Crippen LogP contribution in [-0.4, -0.2) is 23.8 Å². The number of rotatable bonds is 8. The zero-order valence-corrected chi connectivity index (χ0v) is 12.7. The SMILES string of the molecule is CC(C)CNCCCCSc1ccc(C(F)(F)F)cn1. The molecule has 0 atom stereocenters. The normalized spacial score (nSPS) is 12.1. The quantitative estimate of drug-likeness (QED) is 0.575. The van der Waals surface area contributed by atoms with Crippen LogP contribution in [0.25, 0.3) is 0 Å². The molecule has 0 saturated carbocycles. The van der Waals surface area contributed by atoms with Gasteiger partial charge in [-0.05, 0) is 49.7 Å². The Bertz CT molecular complexity index is 377. The highest BCUT2D eigenvalue weighted by Gasteiger charge is 2.30. The first-order valence-electron chi connectivity index (χ1n) is 6.76. The maximum atomic E-state index is 12.3. The molecule has 0 radical (unpaired) electrons. The second-order valence-electron chi connectivity index (χ2n) is 5.04. The summed E-state index contributed by atoms with van der Waals surface area (Å²) in [5.74, 6) is 1.53. The van der Waals surface area contributed by atoms with Crippen molar-refractivity contribution in [2.45, 2.75) is 37.9 Å². The molecule has 0 aliphatic rings. The van der Waals surface area contributed by atoms with Gasteiger partial charge < -0.3 is 5.32 Å². The number of alkyl halides is 3. The van der Waals surface area contributed by atoms with Gasteiger partial charge >= 0.3 is 6.18 Å². The Balaban J connectivity index is 2.16. The number of halogens is 3. The van der Waals surface area contributed by atoms with Gasteiger partial charge in [-0.3, -0.25) is 0 Å². The molecule has 114 valence electrons.